The number of sulfone groups is 1. The summed E-state index contributed by atoms with van der Waals surface area (Å²) in [5.74, 6) is 0.821. The second kappa shape index (κ2) is 8.61. The van der Waals surface area contributed by atoms with Crippen molar-refractivity contribution in [3.05, 3.63) is 70.6 Å². The van der Waals surface area contributed by atoms with Crippen LogP contribution in [0.3, 0.4) is 0 Å². The SMILES string of the molecule is CS(=O)(=O)/C=C/Cc1c(C2CCCC2)ccc(C(N)=O)c1Oc1ccccc1. The van der Waals surface area contributed by atoms with Crippen LogP contribution in [0.2, 0.25) is 0 Å². The summed E-state index contributed by atoms with van der Waals surface area (Å²) >= 11 is 0. The highest BCUT2D eigenvalue weighted by Gasteiger charge is 2.25. The third-order valence-electron chi connectivity index (χ3n) is 4.99. The molecule has 2 N–H and O–H groups in total. The molecule has 0 unspecified atom stereocenters. The van der Waals surface area contributed by atoms with E-state index in [0.717, 1.165) is 43.1 Å². The first-order valence-electron chi connectivity index (χ1n) is 9.40. The van der Waals surface area contributed by atoms with Gasteiger partial charge in [0.2, 0.25) is 0 Å². The van der Waals surface area contributed by atoms with Crippen LogP contribution in [-0.2, 0) is 16.3 Å². The predicted octanol–water partition coefficient (Wildman–Crippen LogP) is 4.34. The topological polar surface area (TPSA) is 86.5 Å². The van der Waals surface area contributed by atoms with Gasteiger partial charge in [0.15, 0.2) is 9.84 Å². The highest BCUT2D eigenvalue weighted by atomic mass is 32.2. The lowest BCUT2D eigenvalue weighted by atomic mass is 9.89. The molecule has 0 radical (unpaired) electrons. The lowest BCUT2D eigenvalue weighted by molar-refractivity contribution is 0.0998. The molecule has 0 atom stereocenters. The summed E-state index contributed by atoms with van der Waals surface area (Å²) in [4.78, 5) is 12.1. The van der Waals surface area contributed by atoms with Crippen LogP contribution in [0.15, 0.2) is 53.9 Å². The Kier molecular flexibility index (Phi) is 6.19. The van der Waals surface area contributed by atoms with E-state index >= 15 is 0 Å². The molecule has 1 saturated carbocycles. The third-order valence-corrected chi connectivity index (χ3v) is 5.67. The molecule has 1 fully saturated rings. The average Bonchev–Trinajstić information content (AvgIpc) is 3.16. The molecule has 2 aromatic carbocycles. The average molecular weight is 400 g/mol. The normalized spacial score (nSPS) is 15.2. The fourth-order valence-electron chi connectivity index (χ4n) is 3.73. The molecule has 3 rings (SSSR count). The number of allylic oxidation sites excluding steroid dienone is 1. The molecule has 6 heteroatoms. The van der Waals surface area contributed by atoms with Gasteiger partial charge in [-0.05, 0) is 48.9 Å². The molecule has 2 aromatic rings. The van der Waals surface area contributed by atoms with Gasteiger partial charge < -0.3 is 10.5 Å². The second-order valence-electron chi connectivity index (χ2n) is 7.18. The third kappa shape index (κ3) is 5.01. The molecule has 148 valence electrons. The first-order chi connectivity index (χ1) is 13.3. The fraction of sp³-hybridized carbons (Fsp3) is 0.318. The van der Waals surface area contributed by atoms with Crippen molar-refractivity contribution in [2.75, 3.05) is 6.26 Å². The summed E-state index contributed by atoms with van der Waals surface area (Å²) in [6, 6.07) is 12.9. The first kappa shape index (κ1) is 20.1. The predicted molar refractivity (Wildman–Crippen MR) is 110 cm³/mol. The van der Waals surface area contributed by atoms with Gasteiger partial charge in [-0.15, -0.1) is 0 Å². The molecule has 1 amide bonds. The van der Waals surface area contributed by atoms with Crippen molar-refractivity contribution in [1.82, 2.24) is 0 Å². The fourth-order valence-corrected chi connectivity index (χ4v) is 4.18. The van der Waals surface area contributed by atoms with Gasteiger partial charge in [-0.2, -0.15) is 0 Å². The van der Waals surface area contributed by atoms with Crippen molar-refractivity contribution in [2.24, 2.45) is 5.73 Å². The van der Waals surface area contributed by atoms with Crippen molar-refractivity contribution >= 4 is 15.7 Å². The summed E-state index contributed by atoms with van der Waals surface area (Å²) in [6.45, 7) is 0. The number of amides is 1. The van der Waals surface area contributed by atoms with Gasteiger partial charge >= 0.3 is 0 Å². The second-order valence-corrected chi connectivity index (χ2v) is 9.11. The van der Waals surface area contributed by atoms with Crippen molar-refractivity contribution in [1.29, 1.82) is 0 Å². The molecule has 0 aliphatic heterocycles. The number of hydrogen-bond acceptors (Lipinski definition) is 4. The smallest absolute Gasteiger partial charge is 0.252 e. The number of para-hydroxylation sites is 1. The van der Waals surface area contributed by atoms with Crippen LogP contribution >= 0.6 is 0 Å². The van der Waals surface area contributed by atoms with E-state index in [2.05, 4.69) is 0 Å². The number of rotatable bonds is 7. The highest BCUT2D eigenvalue weighted by Crippen LogP contribution is 2.41. The summed E-state index contributed by atoms with van der Waals surface area (Å²) in [5.41, 5.74) is 7.83. The van der Waals surface area contributed by atoms with Crippen molar-refractivity contribution in [3.63, 3.8) is 0 Å². The monoisotopic (exact) mass is 399 g/mol. The van der Waals surface area contributed by atoms with E-state index in [9.17, 15) is 13.2 Å². The van der Waals surface area contributed by atoms with E-state index in [1.807, 2.05) is 36.4 Å². The summed E-state index contributed by atoms with van der Waals surface area (Å²) in [6.07, 6.45) is 7.58. The first-order valence-corrected chi connectivity index (χ1v) is 11.4. The molecule has 1 aliphatic carbocycles. The molecule has 28 heavy (non-hydrogen) atoms. The Morgan fingerprint density at radius 3 is 2.43 bits per heavy atom. The van der Waals surface area contributed by atoms with Crippen LogP contribution in [0.1, 0.15) is 53.1 Å². The van der Waals surface area contributed by atoms with Crippen molar-refractivity contribution in [3.8, 4) is 11.5 Å². The molecule has 0 saturated heterocycles. The highest BCUT2D eigenvalue weighted by molar-refractivity contribution is 7.93. The lowest BCUT2D eigenvalue weighted by Gasteiger charge is -2.20. The molecule has 0 aromatic heterocycles. The Hall–Kier alpha value is -2.60. The van der Waals surface area contributed by atoms with Crippen LogP contribution in [0.4, 0.5) is 0 Å². The summed E-state index contributed by atoms with van der Waals surface area (Å²) < 4.78 is 29.1. The maximum atomic E-state index is 12.1. The van der Waals surface area contributed by atoms with Gasteiger partial charge in [-0.1, -0.05) is 43.2 Å². The van der Waals surface area contributed by atoms with Gasteiger partial charge in [0.05, 0.1) is 5.56 Å². The lowest BCUT2D eigenvalue weighted by Crippen LogP contribution is -2.15. The molecular formula is C22H25NO4S. The van der Waals surface area contributed by atoms with Crippen LogP contribution in [0, 0.1) is 0 Å². The van der Waals surface area contributed by atoms with Crippen molar-refractivity contribution < 1.29 is 17.9 Å². The standard InChI is InChI=1S/C22H25NO4S/c1-28(25,26)15-7-12-19-18(16-8-5-6-9-16)13-14-20(22(23)24)21(19)27-17-10-3-2-4-11-17/h2-4,7,10-11,13-16H,5-6,8-9,12H2,1H3,(H2,23,24)/b15-7+. The number of nitrogens with two attached hydrogens (primary N) is 1. The largest absolute Gasteiger partial charge is 0.456 e. The van der Waals surface area contributed by atoms with E-state index in [4.69, 9.17) is 10.5 Å². The number of carbonyl (C=O) groups is 1. The van der Waals surface area contributed by atoms with Crippen LogP contribution < -0.4 is 10.5 Å². The minimum Gasteiger partial charge on any atom is -0.456 e. The van der Waals surface area contributed by atoms with Gasteiger partial charge in [0.1, 0.15) is 11.5 Å². The van der Waals surface area contributed by atoms with Gasteiger partial charge in [-0.25, -0.2) is 8.42 Å². The molecule has 0 heterocycles. The van der Waals surface area contributed by atoms with E-state index in [1.165, 1.54) is 5.41 Å². The Labute approximate surface area is 166 Å². The van der Waals surface area contributed by atoms with Gasteiger partial charge in [-0.3, -0.25) is 4.79 Å². The van der Waals surface area contributed by atoms with Crippen molar-refractivity contribution in [2.45, 2.75) is 38.0 Å². The zero-order chi connectivity index (χ0) is 20.1. The minimum absolute atomic E-state index is 0.299. The van der Waals surface area contributed by atoms with E-state index in [1.54, 1.807) is 12.1 Å². The van der Waals surface area contributed by atoms with Crippen LogP contribution in [-0.4, -0.2) is 20.6 Å². The summed E-state index contributed by atoms with van der Waals surface area (Å²) in [5, 5.41) is 1.19. The quantitative estimate of drug-likeness (QED) is 0.750. The minimum atomic E-state index is -3.24. The van der Waals surface area contributed by atoms with E-state index < -0.39 is 15.7 Å². The zero-order valence-electron chi connectivity index (χ0n) is 15.9. The maximum absolute atomic E-state index is 12.1. The number of carbonyl (C=O) groups excluding carboxylic acids is 1. The molecular weight excluding hydrogens is 374 g/mol. The zero-order valence-corrected chi connectivity index (χ0v) is 16.7. The van der Waals surface area contributed by atoms with Crippen LogP contribution in [0.25, 0.3) is 0 Å². The van der Waals surface area contributed by atoms with Gasteiger partial charge in [0.25, 0.3) is 5.91 Å². The maximum Gasteiger partial charge on any atom is 0.252 e. The number of hydrogen-bond donors (Lipinski definition) is 1. The van der Waals surface area contributed by atoms with Crippen LogP contribution in [0.5, 0.6) is 11.5 Å². The Balaban J connectivity index is 2.11. The molecule has 0 spiro atoms. The Morgan fingerprint density at radius 2 is 1.82 bits per heavy atom. The van der Waals surface area contributed by atoms with Gasteiger partial charge in [0, 0.05) is 17.2 Å². The molecule has 5 nitrogen and oxygen atoms in total. The molecule has 1 aliphatic rings. The Bertz CT molecular complexity index is 975. The number of benzene rings is 2. The summed E-state index contributed by atoms with van der Waals surface area (Å²) in [7, 11) is -3.24. The number of primary amides is 1. The van der Waals surface area contributed by atoms with E-state index in [0.29, 0.717) is 29.4 Å². The molecule has 0 bridgehead atoms. The Morgan fingerprint density at radius 1 is 1.14 bits per heavy atom. The number of ether oxygens (including phenoxy) is 1. The van der Waals surface area contributed by atoms with E-state index in [-0.39, 0.29) is 0 Å².